The van der Waals surface area contributed by atoms with E-state index in [1.165, 1.54) is 18.4 Å². The zero-order valence-electron chi connectivity index (χ0n) is 20.7. The molecule has 2 aliphatic rings. The standard InChI is InChI=1S/C28H37N3O4/c1-34-24-11-9-22(10-12-24)26(30-16-5-6-17-30)21-29-28(33)23-13-18-31(19-14-23)27(32)15-20-35-25-7-3-2-4-8-25/h2-4,7-12,23,26H,5-6,13-21H2,1H3,(H,29,33). The van der Waals surface area contributed by atoms with Gasteiger partial charge in [0.25, 0.3) is 0 Å². The first-order valence-electron chi connectivity index (χ1n) is 12.8. The number of hydrogen-bond acceptors (Lipinski definition) is 5. The quantitative estimate of drug-likeness (QED) is 0.563. The Labute approximate surface area is 208 Å². The molecule has 2 aromatic carbocycles. The van der Waals surface area contributed by atoms with Gasteiger partial charge >= 0.3 is 0 Å². The van der Waals surface area contributed by atoms with Crippen molar-refractivity contribution < 1.29 is 19.1 Å². The molecule has 2 saturated heterocycles. The third-order valence-corrected chi connectivity index (χ3v) is 7.10. The lowest BCUT2D eigenvalue weighted by Gasteiger charge is -2.33. The number of ether oxygens (including phenoxy) is 2. The molecule has 0 spiro atoms. The number of rotatable bonds is 10. The van der Waals surface area contributed by atoms with E-state index in [1.54, 1.807) is 7.11 Å². The van der Waals surface area contributed by atoms with Gasteiger partial charge in [-0.2, -0.15) is 0 Å². The van der Waals surface area contributed by atoms with E-state index in [0.29, 0.717) is 45.5 Å². The topological polar surface area (TPSA) is 71.1 Å². The highest BCUT2D eigenvalue weighted by atomic mass is 16.5. The maximum atomic E-state index is 13.0. The molecule has 1 N–H and O–H groups in total. The van der Waals surface area contributed by atoms with Crippen LogP contribution in [0.15, 0.2) is 54.6 Å². The van der Waals surface area contributed by atoms with Gasteiger partial charge in [0.15, 0.2) is 0 Å². The fourth-order valence-electron chi connectivity index (χ4n) is 5.00. The van der Waals surface area contributed by atoms with Crippen LogP contribution in [0, 0.1) is 5.92 Å². The molecule has 4 rings (SSSR count). The molecular formula is C28H37N3O4. The number of benzene rings is 2. The summed E-state index contributed by atoms with van der Waals surface area (Å²) < 4.78 is 11.0. The van der Waals surface area contributed by atoms with Crippen LogP contribution in [0.4, 0.5) is 0 Å². The van der Waals surface area contributed by atoms with Crippen molar-refractivity contribution in [1.82, 2.24) is 15.1 Å². The molecule has 0 radical (unpaired) electrons. The number of piperidine rings is 1. The van der Waals surface area contributed by atoms with Gasteiger partial charge in [-0.25, -0.2) is 0 Å². The van der Waals surface area contributed by atoms with Crippen LogP contribution in [0.5, 0.6) is 11.5 Å². The van der Waals surface area contributed by atoms with Gasteiger partial charge in [0, 0.05) is 25.6 Å². The Morgan fingerprint density at radius 3 is 2.29 bits per heavy atom. The average Bonchev–Trinajstić information content (AvgIpc) is 3.44. The summed E-state index contributed by atoms with van der Waals surface area (Å²) >= 11 is 0. The Morgan fingerprint density at radius 2 is 1.63 bits per heavy atom. The van der Waals surface area contributed by atoms with Crippen LogP contribution in [-0.2, 0) is 9.59 Å². The Kier molecular flexibility index (Phi) is 9.01. The van der Waals surface area contributed by atoms with Crippen molar-refractivity contribution in [3.8, 4) is 11.5 Å². The molecule has 0 aromatic heterocycles. The summed E-state index contributed by atoms with van der Waals surface area (Å²) in [7, 11) is 1.67. The second-order valence-corrected chi connectivity index (χ2v) is 9.34. The summed E-state index contributed by atoms with van der Waals surface area (Å²) in [5.74, 6) is 1.76. The minimum absolute atomic E-state index is 0.0466. The van der Waals surface area contributed by atoms with E-state index in [4.69, 9.17) is 9.47 Å². The van der Waals surface area contributed by atoms with E-state index in [0.717, 1.165) is 24.6 Å². The number of nitrogens with zero attached hydrogens (tertiary/aromatic N) is 2. The van der Waals surface area contributed by atoms with Crippen molar-refractivity contribution in [2.24, 2.45) is 5.92 Å². The number of carbonyl (C=O) groups is 2. The zero-order chi connectivity index (χ0) is 24.5. The molecule has 35 heavy (non-hydrogen) atoms. The monoisotopic (exact) mass is 479 g/mol. The molecule has 2 heterocycles. The van der Waals surface area contributed by atoms with E-state index in [-0.39, 0.29) is 23.8 Å². The Bertz CT molecular complexity index is 936. The van der Waals surface area contributed by atoms with Crippen LogP contribution in [0.3, 0.4) is 0 Å². The molecule has 2 amide bonds. The van der Waals surface area contributed by atoms with Crippen LogP contribution in [0.1, 0.15) is 43.7 Å². The molecular weight excluding hydrogens is 442 g/mol. The highest BCUT2D eigenvalue weighted by Crippen LogP contribution is 2.27. The number of amides is 2. The molecule has 188 valence electrons. The van der Waals surface area contributed by atoms with Crippen LogP contribution >= 0.6 is 0 Å². The maximum Gasteiger partial charge on any atom is 0.225 e. The number of carbonyl (C=O) groups excluding carboxylic acids is 2. The molecule has 7 nitrogen and oxygen atoms in total. The van der Waals surface area contributed by atoms with Crippen LogP contribution in [-0.4, -0.2) is 68.1 Å². The van der Waals surface area contributed by atoms with Gasteiger partial charge in [-0.05, 0) is 68.6 Å². The summed E-state index contributed by atoms with van der Waals surface area (Å²) in [6, 6.07) is 17.9. The number of likely N-dealkylation sites (tertiary alicyclic amines) is 2. The minimum Gasteiger partial charge on any atom is -0.497 e. The number of nitrogens with one attached hydrogen (secondary N) is 1. The Hall–Kier alpha value is -3.06. The molecule has 0 aliphatic carbocycles. The highest BCUT2D eigenvalue weighted by molar-refractivity contribution is 5.80. The van der Waals surface area contributed by atoms with Crippen molar-refractivity contribution in [2.75, 3.05) is 46.4 Å². The molecule has 2 aliphatic heterocycles. The maximum absolute atomic E-state index is 13.0. The summed E-state index contributed by atoms with van der Waals surface area (Å²) in [5, 5.41) is 3.22. The molecule has 0 bridgehead atoms. The van der Waals surface area contributed by atoms with Gasteiger partial charge in [-0.15, -0.1) is 0 Å². The minimum atomic E-state index is -0.0466. The fourth-order valence-corrected chi connectivity index (χ4v) is 5.00. The zero-order valence-corrected chi connectivity index (χ0v) is 20.7. The average molecular weight is 480 g/mol. The van der Waals surface area contributed by atoms with E-state index < -0.39 is 0 Å². The van der Waals surface area contributed by atoms with Crippen LogP contribution in [0.2, 0.25) is 0 Å². The normalized spacial score (nSPS) is 17.7. The van der Waals surface area contributed by atoms with Gasteiger partial charge in [0.1, 0.15) is 11.5 Å². The lowest BCUT2D eigenvalue weighted by atomic mass is 9.95. The van der Waals surface area contributed by atoms with E-state index >= 15 is 0 Å². The molecule has 2 aromatic rings. The second-order valence-electron chi connectivity index (χ2n) is 9.34. The summed E-state index contributed by atoms with van der Waals surface area (Å²) in [6.45, 7) is 4.32. The first kappa shape index (κ1) is 25.0. The van der Waals surface area contributed by atoms with Crippen molar-refractivity contribution in [3.05, 3.63) is 60.2 Å². The summed E-state index contributed by atoms with van der Waals surface area (Å²) in [5.41, 5.74) is 1.20. The SMILES string of the molecule is COc1ccc(C(CNC(=O)C2CCN(C(=O)CCOc3ccccc3)CC2)N2CCCC2)cc1. The molecule has 1 unspecified atom stereocenters. The molecule has 1 atom stereocenters. The Balaban J connectivity index is 1.22. The largest absolute Gasteiger partial charge is 0.497 e. The van der Waals surface area contributed by atoms with Gasteiger partial charge in [-0.1, -0.05) is 30.3 Å². The van der Waals surface area contributed by atoms with E-state index in [1.807, 2.05) is 47.4 Å². The smallest absolute Gasteiger partial charge is 0.225 e. The number of hydrogen-bond donors (Lipinski definition) is 1. The third-order valence-electron chi connectivity index (χ3n) is 7.10. The lowest BCUT2D eigenvalue weighted by Crippen LogP contribution is -2.45. The van der Waals surface area contributed by atoms with Crippen LogP contribution in [0.25, 0.3) is 0 Å². The molecule has 0 saturated carbocycles. The predicted octanol–water partition coefficient (Wildman–Crippen LogP) is 3.66. The predicted molar refractivity (Wildman–Crippen MR) is 135 cm³/mol. The Morgan fingerprint density at radius 1 is 0.943 bits per heavy atom. The van der Waals surface area contributed by atoms with E-state index in [9.17, 15) is 9.59 Å². The van der Waals surface area contributed by atoms with Crippen molar-refractivity contribution >= 4 is 11.8 Å². The number of para-hydroxylation sites is 1. The first-order chi connectivity index (χ1) is 17.1. The summed E-state index contributed by atoms with van der Waals surface area (Å²) in [4.78, 5) is 29.9. The third kappa shape index (κ3) is 6.98. The van der Waals surface area contributed by atoms with Gasteiger partial charge in [-0.3, -0.25) is 14.5 Å². The van der Waals surface area contributed by atoms with Crippen molar-refractivity contribution in [2.45, 2.75) is 38.1 Å². The van der Waals surface area contributed by atoms with Gasteiger partial charge in [0.2, 0.25) is 11.8 Å². The van der Waals surface area contributed by atoms with Gasteiger partial charge in [0.05, 0.1) is 26.2 Å². The lowest BCUT2D eigenvalue weighted by molar-refractivity contribution is -0.136. The first-order valence-corrected chi connectivity index (χ1v) is 12.8. The van der Waals surface area contributed by atoms with Crippen molar-refractivity contribution in [1.29, 1.82) is 0 Å². The van der Waals surface area contributed by atoms with Gasteiger partial charge < -0.3 is 19.7 Å². The fraction of sp³-hybridized carbons (Fsp3) is 0.500. The molecule has 2 fully saturated rings. The molecule has 7 heteroatoms. The second kappa shape index (κ2) is 12.6. The van der Waals surface area contributed by atoms with E-state index in [2.05, 4.69) is 22.3 Å². The number of methoxy groups -OCH3 is 1. The summed E-state index contributed by atoms with van der Waals surface area (Å²) in [6.07, 6.45) is 4.15. The highest BCUT2D eigenvalue weighted by Gasteiger charge is 2.29. The van der Waals surface area contributed by atoms with Crippen molar-refractivity contribution in [3.63, 3.8) is 0 Å². The van der Waals surface area contributed by atoms with Crippen LogP contribution < -0.4 is 14.8 Å².